The molecule has 1 atom stereocenters. The average Bonchev–Trinajstić information content (AvgIpc) is 2.55. The highest BCUT2D eigenvalue weighted by atomic mass is 16.2. The second kappa shape index (κ2) is 8.18. The molecule has 3 nitrogen and oxygen atoms in total. The van der Waals surface area contributed by atoms with Gasteiger partial charge in [-0.1, -0.05) is 26.0 Å². The molecule has 116 valence electrons. The molecule has 0 aliphatic carbocycles. The van der Waals surface area contributed by atoms with Crippen molar-refractivity contribution in [2.75, 3.05) is 26.2 Å². The predicted octanol–water partition coefficient (Wildman–Crippen LogP) is 3.10. The van der Waals surface area contributed by atoms with Crippen LogP contribution in [0.15, 0.2) is 24.3 Å². The van der Waals surface area contributed by atoms with Crippen LogP contribution in [0.1, 0.15) is 49.0 Å². The van der Waals surface area contributed by atoms with E-state index in [0.717, 1.165) is 44.6 Å². The van der Waals surface area contributed by atoms with E-state index in [1.807, 2.05) is 17.0 Å². The SMILES string of the molecule is CCCN(CC1CCCNC1)C(=O)c1ccc(CC)cc1. The fourth-order valence-electron chi connectivity index (χ4n) is 3.00. The average molecular weight is 288 g/mol. The fraction of sp³-hybridized carbons (Fsp3) is 0.611. The number of carbonyl (C=O) groups excluding carboxylic acids is 1. The summed E-state index contributed by atoms with van der Waals surface area (Å²) in [5.74, 6) is 0.786. The first-order valence-electron chi connectivity index (χ1n) is 8.33. The molecule has 2 rings (SSSR count). The standard InChI is InChI=1S/C18H28N2O/c1-3-12-20(14-16-6-5-11-19-13-16)18(21)17-9-7-15(4-2)8-10-17/h7-10,16,19H,3-6,11-14H2,1-2H3. The summed E-state index contributed by atoms with van der Waals surface area (Å²) in [6.45, 7) is 8.18. The quantitative estimate of drug-likeness (QED) is 0.872. The Morgan fingerprint density at radius 2 is 2.05 bits per heavy atom. The smallest absolute Gasteiger partial charge is 0.253 e. The topological polar surface area (TPSA) is 32.3 Å². The van der Waals surface area contributed by atoms with Gasteiger partial charge in [-0.15, -0.1) is 0 Å². The summed E-state index contributed by atoms with van der Waals surface area (Å²) in [4.78, 5) is 14.8. The van der Waals surface area contributed by atoms with Crippen molar-refractivity contribution in [1.29, 1.82) is 0 Å². The van der Waals surface area contributed by atoms with Gasteiger partial charge in [0.1, 0.15) is 0 Å². The molecule has 0 spiro atoms. The van der Waals surface area contributed by atoms with Gasteiger partial charge >= 0.3 is 0 Å². The van der Waals surface area contributed by atoms with Crippen molar-refractivity contribution >= 4 is 5.91 Å². The molecule has 1 unspecified atom stereocenters. The van der Waals surface area contributed by atoms with Gasteiger partial charge in [-0.05, 0) is 62.4 Å². The Labute approximate surface area is 128 Å². The van der Waals surface area contributed by atoms with Gasteiger partial charge in [-0.25, -0.2) is 0 Å². The first-order chi connectivity index (χ1) is 10.2. The number of hydrogen-bond donors (Lipinski definition) is 1. The van der Waals surface area contributed by atoms with Crippen molar-refractivity contribution in [3.8, 4) is 0 Å². The highest BCUT2D eigenvalue weighted by Gasteiger charge is 2.21. The maximum absolute atomic E-state index is 12.7. The molecule has 0 aromatic heterocycles. The number of benzene rings is 1. The zero-order valence-corrected chi connectivity index (χ0v) is 13.4. The second-order valence-electron chi connectivity index (χ2n) is 6.01. The van der Waals surface area contributed by atoms with Gasteiger partial charge in [0, 0.05) is 18.7 Å². The third-order valence-electron chi connectivity index (χ3n) is 4.27. The molecule has 1 amide bonds. The van der Waals surface area contributed by atoms with E-state index in [-0.39, 0.29) is 5.91 Å². The lowest BCUT2D eigenvalue weighted by Crippen LogP contribution is -2.41. The Morgan fingerprint density at radius 1 is 1.29 bits per heavy atom. The van der Waals surface area contributed by atoms with E-state index in [4.69, 9.17) is 0 Å². The molecule has 0 radical (unpaired) electrons. The van der Waals surface area contributed by atoms with Crippen LogP contribution >= 0.6 is 0 Å². The van der Waals surface area contributed by atoms with Crippen LogP contribution in [0.4, 0.5) is 0 Å². The normalized spacial score (nSPS) is 18.5. The van der Waals surface area contributed by atoms with Crippen molar-refractivity contribution in [2.24, 2.45) is 5.92 Å². The number of hydrogen-bond acceptors (Lipinski definition) is 2. The molecular formula is C18H28N2O. The summed E-state index contributed by atoms with van der Waals surface area (Å²) in [6, 6.07) is 8.09. The van der Waals surface area contributed by atoms with E-state index in [0.29, 0.717) is 5.92 Å². The van der Waals surface area contributed by atoms with Crippen LogP contribution < -0.4 is 5.32 Å². The molecule has 1 N–H and O–H groups in total. The van der Waals surface area contributed by atoms with Crippen LogP contribution in [0.3, 0.4) is 0 Å². The zero-order valence-electron chi connectivity index (χ0n) is 13.4. The third kappa shape index (κ3) is 4.57. The molecule has 1 aromatic carbocycles. The van der Waals surface area contributed by atoms with Crippen molar-refractivity contribution in [2.45, 2.75) is 39.5 Å². The molecule has 0 bridgehead atoms. The number of carbonyl (C=O) groups is 1. The molecule has 1 heterocycles. The van der Waals surface area contributed by atoms with E-state index >= 15 is 0 Å². The highest BCUT2D eigenvalue weighted by molar-refractivity contribution is 5.94. The number of nitrogens with zero attached hydrogens (tertiary/aromatic N) is 1. The van der Waals surface area contributed by atoms with E-state index in [1.54, 1.807) is 0 Å². The lowest BCUT2D eigenvalue weighted by Gasteiger charge is -2.30. The molecule has 1 fully saturated rings. The summed E-state index contributed by atoms with van der Waals surface area (Å²) < 4.78 is 0. The largest absolute Gasteiger partial charge is 0.338 e. The maximum Gasteiger partial charge on any atom is 0.253 e. The van der Waals surface area contributed by atoms with Gasteiger partial charge in [0.05, 0.1) is 0 Å². The number of nitrogens with one attached hydrogen (secondary N) is 1. The molecule has 0 saturated carbocycles. The summed E-state index contributed by atoms with van der Waals surface area (Å²) >= 11 is 0. The van der Waals surface area contributed by atoms with E-state index in [1.165, 1.54) is 18.4 Å². The van der Waals surface area contributed by atoms with Crippen LogP contribution in [0.5, 0.6) is 0 Å². The van der Waals surface area contributed by atoms with E-state index in [9.17, 15) is 4.79 Å². The van der Waals surface area contributed by atoms with E-state index in [2.05, 4.69) is 31.3 Å². The number of amides is 1. The van der Waals surface area contributed by atoms with Crippen LogP contribution in [-0.4, -0.2) is 37.0 Å². The molecular weight excluding hydrogens is 260 g/mol. The Balaban J connectivity index is 2.02. The van der Waals surface area contributed by atoms with Crippen molar-refractivity contribution < 1.29 is 4.79 Å². The molecule has 1 aliphatic rings. The van der Waals surface area contributed by atoms with Crippen LogP contribution in [0, 0.1) is 5.92 Å². The van der Waals surface area contributed by atoms with Crippen LogP contribution in [0.2, 0.25) is 0 Å². The minimum absolute atomic E-state index is 0.185. The molecule has 3 heteroatoms. The lowest BCUT2D eigenvalue weighted by atomic mass is 9.98. The Kier molecular flexibility index (Phi) is 6.24. The van der Waals surface area contributed by atoms with Gasteiger partial charge in [0.2, 0.25) is 0 Å². The first kappa shape index (κ1) is 16.0. The Hall–Kier alpha value is -1.35. The van der Waals surface area contributed by atoms with Gasteiger partial charge in [0.15, 0.2) is 0 Å². The molecule has 1 saturated heterocycles. The summed E-state index contributed by atoms with van der Waals surface area (Å²) in [6.07, 6.45) is 4.49. The van der Waals surface area contributed by atoms with Gasteiger partial charge in [-0.2, -0.15) is 0 Å². The minimum Gasteiger partial charge on any atom is -0.338 e. The van der Waals surface area contributed by atoms with Crippen LogP contribution in [0.25, 0.3) is 0 Å². The maximum atomic E-state index is 12.7. The summed E-state index contributed by atoms with van der Waals surface area (Å²) in [7, 11) is 0. The number of rotatable bonds is 6. The number of aryl methyl sites for hydroxylation is 1. The highest BCUT2D eigenvalue weighted by Crippen LogP contribution is 2.15. The van der Waals surface area contributed by atoms with Crippen molar-refractivity contribution in [1.82, 2.24) is 10.2 Å². The monoisotopic (exact) mass is 288 g/mol. The second-order valence-corrected chi connectivity index (χ2v) is 6.01. The zero-order chi connectivity index (χ0) is 15.1. The first-order valence-corrected chi connectivity index (χ1v) is 8.33. The van der Waals surface area contributed by atoms with E-state index < -0.39 is 0 Å². The Morgan fingerprint density at radius 3 is 2.62 bits per heavy atom. The summed E-state index contributed by atoms with van der Waals surface area (Å²) in [5.41, 5.74) is 2.11. The van der Waals surface area contributed by atoms with Gasteiger partial charge in [0.25, 0.3) is 5.91 Å². The summed E-state index contributed by atoms with van der Waals surface area (Å²) in [5, 5.41) is 3.44. The van der Waals surface area contributed by atoms with Gasteiger partial charge < -0.3 is 10.2 Å². The van der Waals surface area contributed by atoms with Crippen molar-refractivity contribution in [3.05, 3.63) is 35.4 Å². The Bertz CT molecular complexity index is 435. The minimum atomic E-state index is 0.185. The fourth-order valence-corrected chi connectivity index (χ4v) is 3.00. The molecule has 1 aromatic rings. The van der Waals surface area contributed by atoms with Crippen LogP contribution in [-0.2, 0) is 6.42 Å². The molecule has 1 aliphatic heterocycles. The lowest BCUT2D eigenvalue weighted by molar-refractivity contribution is 0.0719. The number of piperidine rings is 1. The molecule has 21 heavy (non-hydrogen) atoms. The predicted molar refractivity (Wildman–Crippen MR) is 87.6 cm³/mol. The van der Waals surface area contributed by atoms with Crippen molar-refractivity contribution in [3.63, 3.8) is 0 Å². The van der Waals surface area contributed by atoms with Gasteiger partial charge in [-0.3, -0.25) is 4.79 Å². The third-order valence-corrected chi connectivity index (χ3v) is 4.27.